The van der Waals surface area contributed by atoms with Crippen LogP contribution in [0.3, 0.4) is 0 Å². The van der Waals surface area contributed by atoms with Gasteiger partial charge in [-0.05, 0) is 82.2 Å². The molecular weight excluding hydrogens is 502 g/mol. The van der Waals surface area contributed by atoms with E-state index in [1.54, 1.807) is 13.0 Å². The number of halogens is 1. The van der Waals surface area contributed by atoms with Crippen molar-refractivity contribution in [2.75, 3.05) is 11.9 Å². The lowest BCUT2D eigenvalue weighted by Crippen LogP contribution is -2.16. The van der Waals surface area contributed by atoms with Crippen molar-refractivity contribution in [1.29, 1.82) is 5.26 Å². The van der Waals surface area contributed by atoms with Crippen LogP contribution in [0.4, 0.5) is 5.00 Å². The Morgan fingerprint density at radius 2 is 1.88 bits per heavy atom. The van der Waals surface area contributed by atoms with Crippen molar-refractivity contribution in [3.8, 4) is 11.8 Å². The summed E-state index contributed by atoms with van der Waals surface area (Å²) in [5.41, 5.74) is 4.68. The molecule has 0 aliphatic heterocycles. The number of esters is 1. The number of carbonyl (C=O) groups excluding carboxylic acids is 2. The molecule has 0 bridgehead atoms. The molecule has 0 unspecified atom stereocenters. The Hall–Kier alpha value is -3.15. The van der Waals surface area contributed by atoms with Gasteiger partial charge in [-0.3, -0.25) is 4.79 Å². The lowest BCUT2D eigenvalue weighted by molar-refractivity contribution is -0.112. The van der Waals surface area contributed by atoms with Gasteiger partial charge >= 0.3 is 5.97 Å². The third-order valence-corrected chi connectivity index (χ3v) is 6.96. The molecule has 0 spiro atoms. The van der Waals surface area contributed by atoms with E-state index in [1.807, 2.05) is 64.1 Å². The number of anilines is 1. The second kappa shape index (κ2) is 10.2. The van der Waals surface area contributed by atoms with E-state index >= 15 is 0 Å². The van der Waals surface area contributed by atoms with Gasteiger partial charge in [0.25, 0.3) is 5.91 Å². The lowest BCUT2D eigenvalue weighted by atomic mass is 10.1. The van der Waals surface area contributed by atoms with Crippen LogP contribution in [0.15, 0.2) is 40.4 Å². The van der Waals surface area contributed by atoms with Gasteiger partial charge in [0.05, 0.1) is 12.2 Å². The molecule has 3 rings (SSSR count). The van der Waals surface area contributed by atoms with Gasteiger partial charge in [0.1, 0.15) is 16.6 Å². The van der Waals surface area contributed by atoms with E-state index in [4.69, 9.17) is 4.74 Å². The van der Waals surface area contributed by atoms with E-state index in [-0.39, 0.29) is 12.2 Å². The number of benzene rings is 1. The van der Waals surface area contributed by atoms with Crippen LogP contribution in [0.2, 0.25) is 0 Å². The minimum absolute atomic E-state index is 0.0513. The van der Waals surface area contributed by atoms with E-state index in [9.17, 15) is 14.9 Å². The molecule has 0 fully saturated rings. The van der Waals surface area contributed by atoms with Crippen molar-refractivity contribution in [3.05, 3.63) is 73.3 Å². The quantitative estimate of drug-likeness (QED) is 0.234. The number of rotatable bonds is 6. The summed E-state index contributed by atoms with van der Waals surface area (Å²) in [4.78, 5) is 26.2. The largest absolute Gasteiger partial charge is 0.462 e. The van der Waals surface area contributed by atoms with E-state index < -0.39 is 11.9 Å². The molecule has 8 heteroatoms. The number of nitriles is 1. The number of hydrogen-bond donors (Lipinski definition) is 1. The maximum absolute atomic E-state index is 13.0. The number of thiophene rings is 1. The zero-order valence-corrected chi connectivity index (χ0v) is 21.5. The van der Waals surface area contributed by atoms with Gasteiger partial charge in [-0.1, -0.05) is 15.9 Å². The number of nitrogens with one attached hydrogen (secondary N) is 1. The third kappa shape index (κ3) is 5.10. The molecule has 6 nitrogen and oxygen atoms in total. The first-order valence-corrected chi connectivity index (χ1v) is 11.9. The molecule has 170 valence electrons. The van der Waals surface area contributed by atoms with Crippen LogP contribution in [0.1, 0.15) is 44.7 Å². The Bertz CT molecular complexity index is 1290. The van der Waals surface area contributed by atoms with Gasteiger partial charge in [-0.15, -0.1) is 11.3 Å². The molecule has 2 heterocycles. The number of amides is 1. The Morgan fingerprint density at radius 1 is 1.21 bits per heavy atom. The predicted octanol–water partition coefficient (Wildman–Crippen LogP) is 6.26. The second-order valence-electron chi connectivity index (χ2n) is 7.47. The molecular formula is C25H24BrN3O3S. The summed E-state index contributed by atoms with van der Waals surface area (Å²) < 4.78 is 8.19. The van der Waals surface area contributed by atoms with Gasteiger partial charge in [0, 0.05) is 26.4 Å². The normalized spacial score (nSPS) is 11.2. The number of aromatic nitrogens is 1. The first-order valence-electron chi connectivity index (χ1n) is 10.3. The van der Waals surface area contributed by atoms with Gasteiger partial charge in [-0.25, -0.2) is 4.79 Å². The van der Waals surface area contributed by atoms with Gasteiger partial charge < -0.3 is 14.6 Å². The molecule has 0 aliphatic rings. The summed E-state index contributed by atoms with van der Waals surface area (Å²) in [5.74, 6) is -1.06. The number of ether oxygens (including phenoxy) is 1. The average molecular weight is 526 g/mol. The average Bonchev–Trinajstić information content (AvgIpc) is 3.21. The van der Waals surface area contributed by atoms with Gasteiger partial charge in [0.15, 0.2) is 0 Å². The minimum atomic E-state index is -0.572. The topological polar surface area (TPSA) is 84.1 Å². The second-order valence-corrected chi connectivity index (χ2v) is 9.61. The molecule has 0 saturated carbocycles. The van der Waals surface area contributed by atoms with Crippen molar-refractivity contribution in [3.63, 3.8) is 0 Å². The lowest BCUT2D eigenvalue weighted by Gasteiger charge is -2.10. The summed E-state index contributed by atoms with van der Waals surface area (Å²) in [5, 5.41) is 12.8. The van der Waals surface area contributed by atoms with Crippen molar-refractivity contribution < 1.29 is 14.3 Å². The Labute approximate surface area is 205 Å². The van der Waals surface area contributed by atoms with Crippen LogP contribution < -0.4 is 5.32 Å². The van der Waals surface area contributed by atoms with Crippen LogP contribution in [-0.4, -0.2) is 23.1 Å². The number of hydrogen-bond acceptors (Lipinski definition) is 5. The fourth-order valence-corrected chi connectivity index (χ4v) is 4.87. The Kier molecular flexibility index (Phi) is 7.57. The summed E-state index contributed by atoms with van der Waals surface area (Å²) in [7, 11) is 0. The number of aryl methyl sites for hydroxylation is 2. The fraction of sp³-hybridized carbons (Fsp3) is 0.240. The molecule has 33 heavy (non-hydrogen) atoms. The Morgan fingerprint density at radius 3 is 2.48 bits per heavy atom. The standard InChI is InChI=1S/C25H24BrN3O3S/c1-6-32-25(31)22-15(3)17(5)33-24(22)28-23(30)19(13-27)12-18-11-14(2)29(16(18)4)21-9-7-20(26)8-10-21/h7-12H,6H2,1-5H3,(H,28,30)/b19-12+. The first-order chi connectivity index (χ1) is 15.7. The van der Waals surface area contributed by atoms with Crippen LogP contribution in [0.25, 0.3) is 11.8 Å². The predicted molar refractivity (Wildman–Crippen MR) is 135 cm³/mol. The zero-order valence-electron chi connectivity index (χ0n) is 19.1. The van der Waals surface area contributed by atoms with E-state index in [0.29, 0.717) is 10.6 Å². The van der Waals surface area contributed by atoms with Crippen molar-refractivity contribution >= 4 is 50.2 Å². The highest BCUT2D eigenvalue weighted by Crippen LogP contribution is 2.33. The Balaban J connectivity index is 1.94. The van der Waals surface area contributed by atoms with Crippen LogP contribution in [-0.2, 0) is 9.53 Å². The molecule has 0 radical (unpaired) electrons. The van der Waals surface area contributed by atoms with Crippen molar-refractivity contribution in [1.82, 2.24) is 4.57 Å². The van der Waals surface area contributed by atoms with Crippen LogP contribution in [0.5, 0.6) is 0 Å². The minimum Gasteiger partial charge on any atom is -0.462 e. The molecule has 0 saturated heterocycles. The van der Waals surface area contributed by atoms with E-state index in [0.717, 1.165) is 37.6 Å². The highest BCUT2D eigenvalue weighted by molar-refractivity contribution is 9.10. The van der Waals surface area contributed by atoms with E-state index in [1.165, 1.54) is 11.3 Å². The molecule has 2 aromatic heterocycles. The fourth-order valence-electron chi connectivity index (χ4n) is 3.56. The number of carbonyl (C=O) groups is 2. The first kappa shape index (κ1) is 24.5. The highest BCUT2D eigenvalue weighted by atomic mass is 79.9. The third-order valence-electron chi connectivity index (χ3n) is 5.31. The van der Waals surface area contributed by atoms with Crippen molar-refractivity contribution in [2.24, 2.45) is 0 Å². The maximum Gasteiger partial charge on any atom is 0.341 e. The summed E-state index contributed by atoms with van der Waals surface area (Å²) in [6.45, 7) is 9.56. The molecule has 1 amide bonds. The zero-order chi connectivity index (χ0) is 24.3. The summed E-state index contributed by atoms with van der Waals surface area (Å²) in [6, 6.07) is 11.8. The molecule has 1 aromatic carbocycles. The maximum atomic E-state index is 13.0. The van der Waals surface area contributed by atoms with Crippen LogP contribution >= 0.6 is 27.3 Å². The van der Waals surface area contributed by atoms with Crippen LogP contribution in [0, 0.1) is 39.0 Å². The van der Waals surface area contributed by atoms with Crippen molar-refractivity contribution in [2.45, 2.75) is 34.6 Å². The van der Waals surface area contributed by atoms with Gasteiger partial charge in [0.2, 0.25) is 0 Å². The monoisotopic (exact) mass is 525 g/mol. The van der Waals surface area contributed by atoms with E-state index in [2.05, 4.69) is 25.8 Å². The smallest absolute Gasteiger partial charge is 0.341 e. The summed E-state index contributed by atoms with van der Waals surface area (Å²) in [6.07, 6.45) is 1.57. The molecule has 0 aliphatic carbocycles. The highest BCUT2D eigenvalue weighted by Gasteiger charge is 2.23. The molecule has 1 N–H and O–H groups in total. The number of nitrogens with zero attached hydrogens (tertiary/aromatic N) is 2. The molecule has 0 atom stereocenters. The summed E-state index contributed by atoms with van der Waals surface area (Å²) >= 11 is 4.73. The SMILES string of the molecule is CCOC(=O)c1c(NC(=O)/C(C#N)=C/c2cc(C)n(-c3ccc(Br)cc3)c2C)sc(C)c1C. The molecule has 3 aromatic rings. The van der Waals surface area contributed by atoms with Gasteiger partial charge in [-0.2, -0.15) is 5.26 Å².